The molecule has 1 fully saturated rings. The molecule has 1 unspecified atom stereocenters. The average Bonchev–Trinajstić information content (AvgIpc) is 3.18. The van der Waals surface area contributed by atoms with Gasteiger partial charge in [0.15, 0.2) is 0 Å². The SMILES string of the molecule is C=CCCOC(C)C(=O)NCCOC(=O)C1CC1. The monoisotopic (exact) mass is 255 g/mol. The third-order valence-electron chi connectivity index (χ3n) is 2.62. The Balaban J connectivity index is 2.00. The lowest BCUT2D eigenvalue weighted by molar-refractivity contribution is -0.145. The van der Waals surface area contributed by atoms with Gasteiger partial charge in [-0.15, -0.1) is 6.58 Å². The Morgan fingerprint density at radius 1 is 1.44 bits per heavy atom. The Morgan fingerprint density at radius 3 is 2.78 bits per heavy atom. The Bertz CT molecular complexity index is 299. The number of hydrogen-bond donors (Lipinski definition) is 1. The second-order valence-electron chi connectivity index (χ2n) is 4.32. The summed E-state index contributed by atoms with van der Waals surface area (Å²) in [6.07, 6.45) is 3.82. The molecule has 1 aliphatic carbocycles. The van der Waals surface area contributed by atoms with Crippen molar-refractivity contribution in [2.24, 2.45) is 5.92 Å². The lowest BCUT2D eigenvalue weighted by Crippen LogP contribution is -2.36. The van der Waals surface area contributed by atoms with Crippen LogP contribution in [0.2, 0.25) is 0 Å². The summed E-state index contributed by atoms with van der Waals surface area (Å²) in [5.41, 5.74) is 0. The molecule has 0 spiro atoms. The van der Waals surface area contributed by atoms with E-state index in [1.54, 1.807) is 13.0 Å². The molecule has 0 saturated heterocycles. The first-order valence-electron chi connectivity index (χ1n) is 6.32. The summed E-state index contributed by atoms with van der Waals surface area (Å²) in [6.45, 7) is 6.29. The van der Waals surface area contributed by atoms with Crippen molar-refractivity contribution in [3.8, 4) is 0 Å². The maximum Gasteiger partial charge on any atom is 0.308 e. The van der Waals surface area contributed by atoms with Gasteiger partial charge in [-0.3, -0.25) is 9.59 Å². The van der Waals surface area contributed by atoms with Crippen LogP contribution in [0.1, 0.15) is 26.2 Å². The van der Waals surface area contributed by atoms with Gasteiger partial charge in [0, 0.05) is 0 Å². The number of ether oxygens (including phenoxy) is 2. The summed E-state index contributed by atoms with van der Waals surface area (Å²) >= 11 is 0. The first-order valence-corrected chi connectivity index (χ1v) is 6.32. The summed E-state index contributed by atoms with van der Waals surface area (Å²) in [7, 11) is 0. The summed E-state index contributed by atoms with van der Waals surface area (Å²) in [6, 6.07) is 0. The molecule has 5 heteroatoms. The number of rotatable bonds is 9. The number of carbonyl (C=O) groups excluding carboxylic acids is 2. The number of amides is 1. The minimum absolute atomic E-state index is 0.0989. The van der Waals surface area contributed by atoms with E-state index in [9.17, 15) is 9.59 Å². The highest BCUT2D eigenvalue weighted by Crippen LogP contribution is 2.29. The van der Waals surface area contributed by atoms with Crippen LogP contribution < -0.4 is 5.32 Å². The lowest BCUT2D eigenvalue weighted by Gasteiger charge is -2.12. The maximum absolute atomic E-state index is 11.5. The van der Waals surface area contributed by atoms with E-state index in [0.717, 1.165) is 19.3 Å². The van der Waals surface area contributed by atoms with Gasteiger partial charge in [0.2, 0.25) is 5.91 Å². The molecular formula is C13H21NO4. The standard InChI is InChI=1S/C13H21NO4/c1-3-4-8-17-10(2)12(15)14-7-9-18-13(16)11-5-6-11/h3,10-11H,1,4-9H2,2H3,(H,14,15). The van der Waals surface area contributed by atoms with Crippen LogP contribution in [-0.2, 0) is 19.1 Å². The molecule has 0 heterocycles. The van der Waals surface area contributed by atoms with E-state index >= 15 is 0 Å². The predicted molar refractivity (Wildman–Crippen MR) is 66.9 cm³/mol. The van der Waals surface area contributed by atoms with Gasteiger partial charge in [-0.25, -0.2) is 0 Å². The molecular weight excluding hydrogens is 234 g/mol. The molecule has 1 saturated carbocycles. The van der Waals surface area contributed by atoms with Crippen molar-refractivity contribution in [3.63, 3.8) is 0 Å². The van der Waals surface area contributed by atoms with Crippen molar-refractivity contribution in [3.05, 3.63) is 12.7 Å². The lowest BCUT2D eigenvalue weighted by atomic mass is 10.3. The molecule has 0 aromatic carbocycles. The molecule has 5 nitrogen and oxygen atoms in total. The van der Waals surface area contributed by atoms with E-state index in [-0.39, 0.29) is 24.4 Å². The Labute approximate surface area is 108 Å². The van der Waals surface area contributed by atoms with E-state index in [0.29, 0.717) is 13.2 Å². The number of nitrogens with one attached hydrogen (secondary N) is 1. The highest BCUT2D eigenvalue weighted by molar-refractivity contribution is 5.80. The minimum atomic E-state index is -0.496. The number of esters is 1. The molecule has 1 rings (SSSR count). The second-order valence-corrected chi connectivity index (χ2v) is 4.32. The van der Waals surface area contributed by atoms with Crippen molar-refractivity contribution in [1.29, 1.82) is 0 Å². The van der Waals surface area contributed by atoms with Crippen molar-refractivity contribution in [1.82, 2.24) is 5.32 Å². The van der Waals surface area contributed by atoms with Crippen LogP contribution in [-0.4, -0.2) is 37.7 Å². The smallest absolute Gasteiger partial charge is 0.308 e. The fourth-order valence-corrected chi connectivity index (χ4v) is 1.31. The summed E-state index contributed by atoms with van der Waals surface area (Å²) in [4.78, 5) is 22.7. The molecule has 1 amide bonds. The van der Waals surface area contributed by atoms with E-state index in [1.807, 2.05) is 0 Å². The third-order valence-corrected chi connectivity index (χ3v) is 2.62. The second kappa shape index (κ2) is 7.87. The van der Waals surface area contributed by atoms with Gasteiger partial charge in [0.1, 0.15) is 12.7 Å². The first kappa shape index (κ1) is 14.7. The fourth-order valence-electron chi connectivity index (χ4n) is 1.31. The topological polar surface area (TPSA) is 64.6 Å². The van der Waals surface area contributed by atoms with Crippen LogP contribution in [0, 0.1) is 5.92 Å². The van der Waals surface area contributed by atoms with Gasteiger partial charge in [-0.1, -0.05) is 6.08 Å². The zero-order valence-electron chi connectivity index (χ0n) is 10.8. The summed E-state index contributed by atoms with van der Waals surface area (Å²) in [5, 5.41) is 2.66. The van der Waals surface area contributed by atoms with Gasteiger partial charge >= 0.3 is 5.97 Å². The highest BCUT2D eigenvalue weighted by Gasteiger charge is 2.31. The molecule has 1 atom stereocenters. The van der Waals surface area contributed by atoms with Gasteiger partial charge in [0.05, 0.1) is 19.1 Å². The molecule has 1 aliphatic rings. The highest BCUT2D eigenvalue weighted by atomic mass is 16.5. The maximum atomic E-state index is 11.5. The number of hydrogen-bond acceptors (Lipinski definition) is 4. The summed E-state index contributed by atoms with van der Waals surface area (Å²) < 4.78 is 10.3. The normalized spacial score (nSPS) is 15.8. The van der Waals surface area contributed by atoms with Crippen molar-refractivity contribution >= 4 is 11.9 Å². The van der Waals surface area contributed by atoms with Gasteiger partial charge in [-0.2, -0.15) is 0 Å². The Hall–Kier alpha value is -1.36. The molecule has 102 valence electrons. The van der Waals surface area contributed by atoms with Crippen molar-refractivity contribution in [2.45, 2.75) is 32.3 Å². The molecule has 0 aliphatic heterocycles. The molecule has 0 aromatic rings. The van der Waals surface area contributed by atoms with E-state index in [2.05, 4.69) is 11.9 Å². The van der Waals surface area contributed by atoms with Crippen LogP contribution >= 0.6 is 0 Å². The van der Waals surface area contributed by atoms with Gasteiger partial charge in [-0.05, 0) is 26.2 Å². The zero-order chi connectivity index (χ0) is 13.4. The third kappa shape index (κ3) is 5.82. The van der Waals surface area contributed by atoms with Crippen LogP contribution in [0.5, 0.6) is 0 Å². The molecule has 1 N–H and O–H groups in total. The van der Waals surface area contributed by atoms with Crippen LogP contribution in [0.15, 0.2) is 12.7 Å². The average molecular weight is 255 g/mol. The number of carbonyl (C=O) groups is 2. The quantitative estimate of drug-likeness (QED) is 0.380. The van der Waals surface area contributed by atoms with Gasteiger partial charge in [0.25, 0.3) is 0 Å². The van der Waals surface area contributed by atoms with Crippen LogP contribution in [0.4, 0.5) is 0 Å². The molecule has 18 heavy (non-hydrogen) atoms. The van der Waals surface area contributed by atoms with Gasteiger partial charge < -0.3 is 14.8 Å². The Kier molecular flexibility index (Phi) is 6.43. The first-order chi connectivity index (χ1) is 8.65. The Morgan fingerprint density at radius 2 is 2.17 bits per heavy atom. The van der Waals surface area contributed by atoms with Crippen molar-refractivity contribution in [2.75, 3.05) is 19.8 Å². The largest absolute Gasteiger partial charge is 0.464 e. The zero-order valence-corrected chi connectivity index (χ0v) is 10.8. The van der Waals surface area contributed by atoms with Crippen LogP contribution in [0.25, 0.3) is 0 Å². The van der Waals surface area contributed by atoms with E-state index < -0.39 is 6.10 Å². The molecule has 0 bridgehead atoms. The summed E-state index contributed by atoms with van der Waals surface area (Å²) in [5.74, 6) is -0.247. The van der Waals surface area contributed by atoms with Crippen molar-refractivity contribution < 1.29 is 19.1 Å². The van der Waals surface area contributed by atoms with E-state index in [1.165, 1.54) is 0 Å². The minimum Gasteiger partial charge on any atom is -0.464 e. The van der Waals surface area contributed by atoms with E-state index in [4.69, 9.17) is 9.47 Å². The fraction of sp³-hybridized carbons (Fsp3) is 0.692. The van der Waals surface area contributed by atoms with Crippen LogP contribution in [0.3, 0.4) is 0 Å². The molecule has 0 aromatic heterocycles. The molecule has 0 radical (unpaired) electrons. The predicted octanol–water partition coefficient (Wildman–Crippen LogP) is 1.04.